The van der Waals surface area contributed by atoms with Crippen LogP contribution in [0.2, 0.25) is 0 Å². The molecular formula is C12H23F3N2O3S. The largest absolute Gasteiger partial charge is 0.497 e. The molecule has 0 aromatic carbocycles. The number of piperazine rings is 1. The van der Waals surface area contributed by atoms with Gasteiger partial charge in [-0.3, -0.25) is 9.80 Å². The molecule has 0 amide bonds. The molecule has 0 N–H and O–H groups in total. The monoisotopic (exact) mass is 332 g/mol. The Balaban J connectivity index is 2.38. The number of ether oxygens (including phenoxy) is 1. The highest BCUT2D eigenvalue weighted by molar-refractivity contribution is 7.92. The van der Waals surface area contributed by atoms with Crippen LogP contribution in [0.5, 0.6) is 0 Å². The quantitative estimate of drug-likeness (QED) is 0.650. The second-order valence-electron chi connectivity index (χ2n) is 5.15. The third-order valence-electron chi connectivity index (χ3n) is 3.61. The zero-order chi connectivity index (χ0) is 16.1. The Morgan fingerprint density at radius 3 is 2.43 bits per heavy atom. The first kappa shape index (κ1) is 18.7. The predicted octanol–water partition coefficient (Wildman–Crippen LogP) is 0.964. The average molecular weight is 332 g/mol. The summed E-state index contributed by atoms with van der Waals surface area (Å²) in [6.45, 7) is 7.74. The zero-order valence-corrected chi connectivity index (χ0v) is 13.2. The Morgan fingerprint density at radius 2 is 1.90 bits per heavy atom. The molecule has 1 unspecified atom stereocenters. The summed E-state index contributed by atoms with van der Waals surface area (Å²) in [5.41, 5.74) is -5.15. The SMILES string of the molecule is CCOCCN1CCN(CCS(=O)(=O)C(F)(F)F)CC1C. The minimum absolute atomic E-state index is 0.0779. The summed E-state index contributed by atoms with van der Waals surface area (Å²) in [5.74, 6) is -0.873. The maximum atomic E-state index is 12.3. The molecule has 0 aromatic heterocycles. The van der Waals surface area contributed by atoms with Crippen molar-refractivity contribution in [2.75, 3.05) is 51.7 Å². The van der Waals surface area contributed by atoms with E-state index in [0.717, 1.165) is 6.54 Å². The topological polar surface area (TPSA) is 49.9 Å². The standard InChI is InChI=1S/C12H23F3N2O3S/c1-3-20-8-6-17-5-4-16(10-11(17)2)7-9-21(18,19)12(13,14)15/h11H,3-10H2,1-2H3. The van der Waals surface area contributed by atoms with Crippen molar-refractivity contribution in [1.82, 2.24) is 9.80 Å². The summed E-state index contributed by atoms with van der Waals surface area (Å²) in [6, 6.07) is 0.174. The Kier molecular flexibility index (Phi) is 6.89. The van der Waals surface area contributed by atoms with Crippen LogP contribution in [0.3, 0.4) is 0 Å². The highest BCUT2D eigenvalue weighted by atomic mass is 32.2. The van der Waals surface area contributed by atoms with E-state index in [-0.39, 0.29) is 12.6 Å². The third kappa shape index (κ3) is 5.72. The molecule has 21 heavy (non-hydrogen) atoms. The number of rotatable bonds is 7. The van der Waals surface area contributed by atoms with E-state index >= 15 is 0 Å². The van der Waals surface area contributed by atoms with Gasteiger partial charge in [-0.2, -0.15) is 13.2 Å². The first-order valence-corrected chi connectivity index (χ1v) is 8.65. The van der Waals surface area contributed by atoms with Gasteiger partial charge >= 0.3 is 5.51 Å². The third-order valence-corrected chi connectivity index (χ3v) is 5.03. The Hall–Kier alpha value is -0.380. The van der Waals surface area contributed by atoms with E-state index in [0.29, 0.717) is 32.8 Å². The van der Waals surface area contributed by atoms with Crippen LogP contribution in [0.1, 0.15) is 13.8 Å². The molecule has 1 atom stereocenters. The number of nitrogens with zero attached hydrogens (tertiary/aromatic N) is 2. The highest BCUT2D eigenvalue weighted by Gasteiger charge is 2.45. The van der Waals surface area contributed by atoms with Gasteiger partial charge < -0.3 is 4.74 Å². The number of sulfone groups is 1. The number of alkyl halides is 3. The van der Waals surface area contributed by atoms with Crippen LogP contribution in [-0.2, 0) is 14.6 Å². The molecule has 0 aromatic rings. The first-order chi connectivity index (χ1) is 9.67. The number of hydrogen-bond donors (Lipinski definition) is 0. The van der Waals surface area contributed by atoms with Crippen LogP contribution in [0.25, 0.3) is 0 Å². The molecule has 5 nitrogen and oxygen atoms in total. The van der Waals surface area contributed by atoms with Crippen molar-refractivity contribution in [3.8, 4) is 0 Å². The van der Waals surface area contributed by atoms with E-state index in [9.17, 15) is 21.6 Å². The molecule has 0 aliphatic carbocycles. The molecule has 9 heteroatoms. The van der Waals surface area contributed by atoms with Crippen molar-refractivity contribution in [2.24, 2.45) is 0 Å². The molecule has 0 saturated carbocycles. The van der Waals surface area contributed by atoms with Gasteiger partial charge in [-0.15, -0.1) is 0 Å². The van der Waals surface area contributed by atoms with Gasteiger partial charge in [-0.25, -0.2) is 8.42 Å². The molecule has 1 fully saturated rings. The van der Waals surface area contributed by atoms with Gasteiger partial charge in [0.2, 0.25) is 9.84 Å². The van der Waals surface area contributed by atoms with Crippen molar-refractivity contribution >= 4 is 9.84 Å². The van der Waals surface area contributed by atoms with Crippen molar-refractivity contribution in [3.63, 3.8) is 0 Å². The molecule has 1 aliphatic heterocycles. The molecule has 0 radical (unpaired) electrons. The molecule has 0 spiro atoms. The van der Waals surface area contributed by atoms with Crippen LogP contribution >= 0.6 is 0 Å². The van der Waals surface area contributed by atoms with E-state index in [2.05, 4.69) is 4.90 Å². The van der Waals surface area contributed by atoms with E-state index in [1.165, 1.54) is 0 Å². The molecule has 1 rings (SSSR count). The normalized spacial score (nSPS) is 22.6. The lowest BCUT2D eigenvalue weighted by Gasteiger charge is -2.39. The van der Waals surface area contributed by atoms with E-state index in [1.807, 2.05) is 13.8 Å². The maximum Gasteiger partial charge on any atom is 0.497 e. The lowest BCUT2D eigenvalue weighted by molar-refractivity contribution is -0.0438. The van der Waals surface area contributed by atoms with Gasteiger partial charge in [-0.1, -0.05) is 0 Å². The zero-order valence-electron chi connectivity index (χ0n) is 12.4. The minimum atomic E-state index is -5.15. The summed E-state index contributed by atoms with van der Waals surface area (Å²) < 4.78 is 64.2. The Bertz CT molecular complexity index is 414. The summed E-state index contributed by atoms with van der Waals surface area (Å²) >= 11 is 0. The predicted molar refractivity (Wildman–Crippen MR) is 73.8 cm³/mol. The second-order valence-corrected chi connectivity index (χ2v) is 7.25. The lowest BCUT2D eigenvalue weighted by atomic mass is 10.2. The van der Waals surface area contributed by atoms with Gasteiger partial charge in [0.1, 0.15) is 0 Å². The van der Waals surface area contributed by atoms with Gasteiger partial charge in [0.05, 0.1) is 12.4 Å². The molecule has 1 heterocycles. The summed E-state index contributed by atoms with van der Waals surface area (Å²) in [7, 11) is -5.02. The van der Waals surface area contributed by atoms with E-state index in [4.69, 9.17) is 4.74 Å². The smallest absolute Gasteiger partial charge is 0.380 e. The molecule has 126 valence electrons. The van der Waals surface area contributed by atoms with Crippen LogP contribution in [-0.4, -0.2) is 81.5 Å². The highest BCUT2D eigenvalue weighted by Crippen LogP contribution is 2.24. The number of hydrogen-bond acceptors (Lipinski definition) is 5. The molecular weight excluding hydrogens is 309 g/mol. The second kappa shape index (κ2) is 7.75. The molecule has 1 aliphatic rings. The molecule has 1 saturated heterocycles. The van der Waals surface area contributed by atoms with Gasteiger partial charge in [0, 0.05) is 45.4 Å². The minimum Gasteiger partial charge on any atom is -0.380 e. The number of halogens is 3. The summed E-state index contributed by atoms with van der Waals surface area (Å²) in [5, 5.41) is 0. The van der Waals surface area contributed by atoms with Crippen molar-refractivity contribution in [3.05, 3.63) is 0 Å². The lowest BCUT2D eigenvalue weighted by Crippen LogP contribution is -2.53. The van der Waals surface area contributed by atoms with Crippen LogP contribution in [0, 0.1) is 0 Å². The van der Waals surface area contributed by atoms with E-state index in [1.54, 1.807) is 4.90 Å². The average Bonchev–Trinajstić information content (AvgIpc) is 2.37. The fraction of sp³-hybridized carbons (Fsp3) is 1.00. The maximum absolute atomic E-state index is 12.3. The van der Waals surface area contributed by atoms with Gasteiger partial charge in [-0.05, 0) is 13.8 Å². The Labute approximate surface area is 124 Å². The van der Waals surface area contributed by atoms with Gasteiger partial charge in [0.15, 0.2) is 0 Å². The van der Waals surface area contributed by atoms with Crippen molar-refractivity contribution in [1.29, 1.82) is 0 Å². The first-order valence-electron chi connectivity index (χ1n) is 7.00. The fourth-order valence-electron chi connectivity index (χ4n) is 2.30. The van der Waals surface area contributed by atoms with Crippen LogP contribution in [0.15, 0.2) is 0 Å². The van der Waals surface area contributed by atoms with Crippen LogP contribution in [0.4, 0.5) is 13.2 Å². The van der Waals surface area contributed by atoms with Crippen LogP contribution < -0.4 is 0 Å². The fourth-order valence-corrected chi connectivity index (χ4v) is 3.03. The molecule has 0 bridgehead atoms. The van der Waals surface area contributed by atoms with Gasteiger partial charge in [0.25, 0.3) is 0 Å². The van der Waals surface area contributed by atoms with Crippen molar-refractivity contribution in [2.45, 2.75) is 25.4 Å². The van der Waals surface area contributed by atoms with Crippen molar-refractivity contribution < 1.29 is 26.3 Å². The summed E-state index contributed by atoms with van der Waals surface area (Å²) in [4.78, 5) is 3.97. The van der Waals surface area contributed by atoms with E-state index < -0.39 is 21.1 Å². The summed E-state index contributed by atoms with van der Waals surface area (Å²) in [6.07, 6.45) is 0. The Morgan fingerprint density at radius 1 is 1.24 bits per heavy atom.